The van der Waals surface area contributed by atoms with Crippen molar-refractivity contribution >= 4 is 5.91 Å². The largest absolute Gasteiger partial charge is 0.497 e. The molecule has 0 spiro atoms. The Morgan fingerprint density at radius 1 is 1.17 bits per heavy atom. The Morgan fingerprint density at radius 2 is 1.87 bits per heavy atom. The molecular weight excluding hydrogens is 288 g/mol. The molecule has 1 atom stereocenters. The van der Waals surface area contributed by atoms with E-state index >= 15 is 0 Å². The second-order valence-electron chi connectivity index (χ2n) is 5.83. The fraction of sp³-hybridized carbons (Fsp3) is 0.316. The fourth-order valence-corrected chi connectivity index (χ4v) is 2.44. The number of hydrogen-bond donors (Lipinski definition) is 1. The van der Waals surface area contributed by atoms with Crippen molar-refractivity contribution in [2.24, 2.45) is 0 Å². The molecule has 0 fully saturated rings. The zero-order chi connectivity index (χ0) is 16.8. The van der Waals surface area contributed by atoms with Crippen LogP contribution in [-0.2, 0) is 0 Å². The number of nitrogens with one attached hydrogen (secondary N) is 1. The topological polar surface area (TPSA) is 41.6 Å². The van der Waals surface area contributed by atoms with Crippen molar-refractivity contribution < 1.29 is 9.53 Å². The molecule has 0 saturated heterocycles. The molecule has 4 nitrogen and oxygen atoms in total. The lowest BCUT2D eigenvalue weighted by atomic mass is 10.0. The van der Waals surface area contributed by atoms with Gasteiger partial charge in [0, 0.05) is 12.1 Å². The van der Waals surface area contributed by atoms with Crippen LogP contribution < -0.4 is 10.1 Å². The molecule has 0 aliphatic rings. The fourth-order valence-electron chi connectivity index (χ4n) is 2.44. The number of amides is 1. The van der Waals surface area contributed by atoms with Crippen molar-refractivity contribution in [3.63, 3.8) is 0 Å². The molecule has 0 saturated carbocycles. The van der Waals surface area contributed by atoms with Crippen LogP contribution >= 0.6 is 0 Å². The third-order valence-corrected chi connectivity index (χ3v) is 3.87. The quantitative estimate of drug-likeness (QED) is 0.891. The molecule has 0 aliphatic carbocycles. The summed E-state index contributed by atoms with van der Waals surface area (Å²) in [5.41, 5.74) is 3.02. The van der Waals surface area contributed by atoms with E-state index in [9.17, 15) is 4.79 Å². The van der Waals surface area contributed by atoms with Gasteiger partial charge in [0.25, 0.3) is 5.91 Å². The Hall–Kier alpha value is -2.33. The van der Waals surface area contributed by atoms with Crippen molar-refractivity contribution in [1.29, 1.82) is 0 Å². The van der Waals surface area contributed by atoms with Gasteiger partial charge in [-0.2, -0.15) is 0 Å². The van der Waals surface area contributed by atoms with Gasteiger partial charge in [0.1, 0.15) is 5.75 Å². The number of likely N-dealkylation sites (N-methyl/N-ethyl adjacent to an activating group) is 1. The lowest BCUT2D eigenvalue weighted by molar-refractivity contribution is 0.0941. The van der Waals surface area contributed by atoms with Crippen molar-refractivity contribution in [2.75, 3.05) is 27.7 Å². The number of aryl methyl sites for hydroxylation is 1. The first-order valence-electron chi connectivity index (χ1n) is 7.66. The number of methoxy groups -OCH3 is 1. The number of benzene rings is 2. The second kappa shape index (κ2) is 7.79. The summed E-state index contributed by atoms with van der Waals surface area (Å²) in [6.07, 6.45) is 0. The predicted molar refractivity (Wildman–Crippen MR) is 92.9 cm³/mol. The van der Waals surface area contributed by atoms with Gasteiger partial charge in [-0.1, -0.05) is 35.9 Å². The minimum absolute atomic E-state index is 0.0946. The lowest BCUT2D eigenvalue weighted by Crippen LogP contribution is -2.34. The number of carbonyl (C=O) groups excluding carboxylic acids is 1. The maximum atomic E-state index is 12.3. The van der Waals surface area contributed by atoms with Crippen LogP contribution in [0.1, 0.15) is 27.5 Å². The number of carbonyl (C=O) groups is 1. The molecule has 1 unspecified atom stereocenters. The van der Waals surface area contributed by atoms with Crippen molar-refractivity contribution in [2.45, 2.75) is 13.0 Å². The summed E-state index contributed by atoms with van der Waals surface area (Å²) >= 11 is 0. The van der Waals surface area contributed by atoms with Crippen molar-refractivity contribution in [3.8, 4) is 5.75 Å². The molecule has 122 valence electrons. The molecule has 0 heterocycles. The van der Waals surface area contributed by atoms with Gasteiger partial charge < -0.3 is 15.0 Å². The Balaban J connectivity index is 2.06. The standard InChI is InChI=1S/C19H24N2O2/c1-14-8-10-15(11-9-14)18(21(2)3)13-20-19(22)16-6-5-7-17(12-16)23-4/h5-12,18H,13H2,1-4H3,(H,20,22). The van der Waals surface area contributed by atoms with Crippen LogP contribution in [-0.4, -0.2) is 38.6 Å². The smallest absolute Gasteiger partial charge is 0.251 e. The molecule has 1 amide bonds. The average molecular weight is 312 g/mol. The summed E-state index contributed by atoms with van der Waals surface area (Å²) in [4.78, 5) is 14.4. The van der Waals surface area contributed by atoms with E-state index in [2.05, 4.69) is 41.4 Å². The van der Waals surface area contributed by atoms with E-state index in [0.29, 0.717) is 17.9 Å². The zero-order valence-electron chi connectivity index (χ0n) is 14.2. The van der Waals surface area contributed by atoms with E-state index in [1.807, 2.05) is 26.2 Å². The maximum Gasteiger partial charge on any atom is 0.251 e. The van der Waals surface area contributed by atoms with E-state index in [4.69, 9.17) is 4.74 Å². The summed E-state index contributed by atoms with van der Waals surface area (Å²) in [5, 5.41) is 3.01. The van der Waals surface area contributed by atoms with Crippen LogP contribution in [0.15, 0.2) is 48.5 Å². The minimum atomic E-state index is -0.0946. The summed E-state index contributed by atoms with van der Waals surface area (Å²) in [6.45, 7) is 2.62. The van der Waals surface area contributed by atoms with Crippen LogP contribution in [0, 0.1) is 6.92 Å². The summed E-state index contributed by atoms with van der Waals surface area (Å²) in [7, 11) is 5.63. The number of nitrogens with zero attached hydrogens (tertiary/aromatic N) is 1. The van der Waals surface area contributed by atoms with Crippen LogP contribution in [0.25, 0.3) is 0 Å². The van der Waals surface area contributed by atoms with Crippen LogP contribution in [0.2, 0.25) is 0 Å². The van der Waals surface area contributed by atoms with E-state index in [1.165, 1.54) is 11.1 Å². The van der Waals surface area contributed by atoms with Crippen LogP contribution in [0.4, 0.5) is 0 Å². The molecule has 2 rings (SSSR count). The van der Waals surface area contributed by atoms with Gasteiger partial charge in [0.05, 0.1) is 13.2 Å². The van der Waals surface area contributed by atoms with E-state index in [0.717, 1.165) is 0 Å². The number of rotatable bonds is 6. The van der Waals surface area contributed by atoms with E-state index in [-0.39, 0.29) is 11.9 Å². The molecular formula is C19H24N2O2. The molecule has 4 heteroatoms. The molecule has 0 bridgehead atoms. The summed E-state index contributed by atoms with van der Waals surface area (Å²) < 4.78 is 5.16. The third kappa shape index (κ3) is 4.57. The average Bonchev–Trinajstić information content (AvgIpc) is 2.56. The van der Waals surface area contributed by atoms with Gasteiger partial charge >= 0.3 is 0 Å². The van der Waals surface area contributed by atoms with Gasteiger partial charge in [-0.25, -0.2) is 0 Å². The predicted octanol–water partition coefficient (Wildman–Crippen LogP) is 3.04. The van der Waals surface area contributed by atoms with Gasteiger partial charge in [-0.15, -0.1) is 0 Å². The van der Waals surface area contributed by atoms with Gasteiger partial charge in [-0.05, 0) is 44.8 Å². The Labute approximate surface area is 138 Å². The van der Waals surface area contributed by atoms with Gasteiger partial charge in [0.15, 0.2) is 0 Å². The Kier molecular flexibility index (Phi) is 5.77. The first-order valence-corrected chi connectivity index (χ1v) is 7.66. The first kappa shape index (κ1) is 17.0. The normalized spacial score (nSPS) is 12.0. The molecule has 2 aromatic carbocycles. The highest BCUT2D eigenvalue weighted by atomic mass is 16.5. The SMILES string of the molecule is COc1cccc(C(=O)NCC(c2ccc(C)cc2)N(C)C)c1. The maximum absolute atomic E-state index is 12.3. The summed E-state index contributed by atoms with van der Waals surface area (Å²) in [6, 6.07) is 15.7. The van der Waals surface area contributed by atoms with Crippen LogP contribution in [0.3, 0.4) is 0 Å². The monoisotopic (exact) mass is 312 g/mol. The van der Waals surface area contributed by atoms with Gasteiger partial charge in [-0.3, -0.25) is 4.79 Å². The number of ether oxygens (including phenoxy) is 1. The highest BCUT2D eigenvalue weighted by Crippen LogP contribution is 2.18. The Bertz CT molecular complexity index is 651. The molecule has 0 aliphatic heterocycles. The molecule has 1 N–H and O–H groups in total. The van der Waals surface area contributed by atoms with E-state index in [1.54, 1.807) is 19.2 Å². The van der Waals surface area contributed by atoms with Crippen LogP contribution in [0.5, 0.6) is 5.75 Å². The molecule has 23 heavy (non-hydrogen) atoms. The highest BCUT2D eigenvalue weighted by Gasteiger charge is 2.16. The van der Waals surface area contributed by atoms with E-state index < -0.39 is 0 Å². The van der Waals surface area contributed by atoms with Crippen molar-refractivity contribution in [3.05, 3.63) is 65.2 Å². The molecule has 0 radical (unpaired) electrons. The third-order valence-electron chi connectivity index (χ3n) is 3.87. The number of hydrogen-bond acceptors (Lipinski definition) is 3. The highest BCUT2D eigenvalue weighted by molar-refractivity contribution is 5.94. The zero-order valence-corrected chi connectivity index (χ0v) is 14.2. The molecule has 2 aromatic rings. The second-order valence-corrected chi connectivity index (χ2v) is 5.83. The van der Waals surface area contributed by atoms with Crippen molar-refractivity contribution in [1.82, 2.24) is 10.2 Å². The lowest BCUT2D eigenvalue weighted by Gasteiger charge is -2.25. The Morgan fingerprint density at radius 3 is 2.48 bits per heavy atom. The summed E-state index contributed by atoms with van der Waals surface area (Å²) in [5.74, 6) is 0.586. The minimum Gasteiger partial charge on any atom is -0.497 e. The van der Waals surface area contributed by atoms with Gasteiger partial charge in [0.2, 0.25) is 0 Å². The molecule has 0 aromatic heterocycles. The first-order chi connectivity index (χ1) is 11.0.